The number of carbonyl (C=O) groups is 1. The predicted molar refractivity (Wildman–Crippen MR) is 152 cm³/mol. The minimum Gasteiger partial charge on any atom is -0.493 e. The van der Waals surface area contributed by atoms with Crippen molar-refractivity contribution in [3.05, 3.63) is 76.5 Å². The van der Waals surface area contributed by atoms with Crippen molar-refractivity contribution in [1.29, 1.82) is 0 Å². The fraction of sp³-hybridized carbons (Fsp3) is 0.296. The zero-order valence-electron chi connectivity index (χ0n) is 21.6. The molecule has 38 heavy (non-hydrogen) atoms. The number of carbonyl (C=O) groups excluding carboxylic acids is 1. The summed E-state index contributed by atoms with van der Waals surface area (Å²) >= 11 is 3.40. The Kier molecular flexibility index (Phi) is 8.77. The van der Waals surface area contributed by atoms with Crippen molar-refractivity contribution in [2.45, 2.75) is 19.9 Å². The number of rotatable bonds is 9. The van der Waals surface area contributed by atoms with E-state index in [1.54, 1.807) is 32.4 Å². The summed E-state index contributed by atoms with van der Waals surface area (Å²) in [4.78, 5) is 31.5. The molecular weight excluding hydrogens is 623 g/mol. The molecule has 11 heteroatoms. The monoisotopic (exact) mass is 650 g/mol. The molecule has 0 N–H and O–H groups in total. The second-order valence-corrected chi connectivity index (χ2v) is 10.2. The molecule has 0 spiro atoms. The molecule has 0 amide bonds. The van der Waals surface area contributed by atoms with Crippen LogP contribution >= 0.6 is 33.9 Å². The molecule has 0 radical (unpaired) electrons. The van der Waals surface area contributed by atoms with Gasteiger partial charge in [-0.1, -0.05) is 17.4 Å². The van der Waals surface area contributed by atoms with E-state index >= 15 is 0 Å². The lowest BCUT2D eigenvalue weighted by molar-refractivity contribution is -0.136. The lowest BCUT2D eigenvalue weighted by Gasteiger charge is -2.23. The smallest absolute Gasteiger partial charge is 0.337 e. The van der Waals surface area contributed by atoms with Gasteiger partial charge in [0.25, 0.3) is 5.56 Å². The highest BCUT2D eigenvalue weighted by Crippen LogP contribution is 2.36. The molecule has 1 aliphatic rings. The van der Waals surface area contributed by atoms with Gasteiger partial charge in [-0.05, 0) is 72.3 Å². The van der Waals surface area contributed by atoms with E-state index in [0.29, 0.717) is 56.7 Å². The van der Waals surface area contributed by atoms with E-state index < -0.39 is 12.0 Å². The second kappa shape index (κ2) is 12.0. The van der Waals surface area contributed by atoms with E-state index in [1.165, 1.54) is 29.2 Å². The van der Waals surface area contributed by atoms with Gasteiger partial charge in [0.15, 0.2) is 27.8 Å². The van der Waals surface area contributed by atoms with Crippen molar-refractivity contribution in [2.24, 2.45) is 4.99 Å². The number of hydrogen-bond donors (Lipinski definition) is 0. The molecule has 3 aromatic rings. The van der Waals surface area contributed by atoms with Crippen molar-refractivity contribution in [3.8, 4) is 23.0 Å². The molecule has 4 rings (SSSR count). The molecule has 1 atom stereocenters. The Morgan fingerprint density at radius 3 is 2.45 bits per heavy atom. The minimum absolute atomic E-state index is 0.228. The number of benzene rings is 2. The maximum absolute atomic E-state index is 13.9. The molecule has 0 bridgehead atoms. The third-order valence-electron chi connectivity index (χ3n) is 5.77. The Hall–Kier alpha value is -3.32. The molecule has 200 valence electrons. The Morgan fingerprint density at radius 1 is 1.05 bits per heavy atom. The van der Waals surface area contributed by atoms with E-state index in [2.05, 4.69) is 27.6 Å². The van der Waals surface area contributed by atoms with Crippen molar-refractivity contribution in [1.82, 2.24) is 4.57 Å². The standard InChI is InChI=1S/C27H27IN2O7S/c1-6-36-19-9-8-15(11-20(19)37-7-2)23-18(26(32)35-5)14-29-27-30(23)25(31)22(38-27)12-16-10-17(28)13-21(33-3)24(16)34-4/h8-14,23H,6-7H2,1-5H3/b22-12+/t23-/m1/s1. The van der Waals surface area contributed by atoms with Crippen LogP contribution in [0.15, 0.2) is 51.9 Å². The van der Waals surface area contributed by atoms with Crippen LogP contribution in [0.25, 0.3) is 6.08 Å². The Labute approximate surface area is 237 Å². The molecule has 2 heterocycles. The highest BCUT2D eigenvalue weighted by molar-refractivity contribution is 14.1. The van der Waals surface area contributed by atoms with Crippen molar-refractivity contribution in [3.63, 3.8) is 0 Å². The summed E-state index contributed by atoms with van der Waals surface area (Å²) in [5, 5.41) is 0. The maximum atomic E-state index is 13.9. The summed E-state index contributed by atoms with van der Waals surface area (Å²) in [5.74, 6) is 1.59. The quantitative estimate of drug-likeness (QED) is 0.259. The second-order valence-electron chi connectivity index (χ2n) is 7.98. The van der Waals surface area contributed by atoms with Gasteiger partial charge in [-0.2, -0.15) is 0 Å². The highest BCUT2D eigenvalue weighted by atomic mass is 127. The first-order valence-corrected chi connectivity index (χ1v) is 13.7. The van der Waals surface area contributed by atoms with Crippen LogP contribution in [-0.4, -0.2) is 45.1 Å². The molecule has 0 unspecified atom stereocenters. The van der Waals surface area contributed by atoms with Crippen LogP contribution in [0.4, 0.5) is 0 Å². The van der Waals surface area contributed by atoms with Crippen LogP contribution in [-0.2, 0) is 9.53 Å². The van der Waals surface area contributed by atoms with Gasteiger partial charge in [-0.15, -0.1) is 0 Å². The van der Waals surface area contributed by atoms with Crippen molar-refractivity contribution < 1.29 is 28.5 Å². The minimum atomic E-state index is -0.775. The third-order valence-corrected chi connectivity index (χ3v) is 7.39. The third kappa shape index (κ3) is 5.30. The fourth-order valence-electron chi connectivity index (χ4n) is 4.19. The van der Waals surface area contributed by atoms with Crippen LogP contribution in [0, 0.1) is 3.57 Å². The van der Waals surface area contributed by atoms with E-state index in [1.807, 2.05) is 32.0 Å². The molecule has 1 aliphatic heterocycles. The van der Waals surface area contributed by atoms with Crippen LogP contribution in [0.1, 0.15) is 31.0 Å². The molecule has 0 fully saturated rings. The van der Waals surface area contributed by atoms with Crippen LogP contribution in [0.5, 0.6) is 23.0 Å². The summed E-state index contributed by atoms with van der Waals surface area (Å²) in [6, 6.07) is 8.35. The van der Waals surface area contributed by atoms with Crippen molar-refractivity contribution in [2.75, 3.05) is 34.5 Å². The Morgan fingerprint density at radius 2 is 1.79 bits per heavy atom. The topological polar surface area (TPSA) is 97.6 Å². The number of esters is 1. The van der Waals surface area contributed by atoms with Gasteiger partial charge in [0.1, 0.15) is 0 Å². The fourth-order valence-corrected chi connectivity index (χ4v) is 5.77. The van der Waals surface area contributed by atoms with Crippen molar-refractivity contribution >= 4 is 46.0 Å². The number of thiazole rings is 1. The SMILES string of the molecule is CCOc1ccc([C@@H]2C(C(=O)OC)=CN=c3s/c(=C/c4cc(I)cc(OC)c4OC)c(=O)n32)cc1OCC. The van der Waals surface area contributed by atoms with Crippen LogP contribution in [0.2, 0.25) is 0 Å². The summed E-state index contributed by atoms with van der Waals surface area (Å²) in [7, 11) is 4.41. The summed E-state index contributed by atoms with van der Waals surface area (Å²) in [5.41, 5.74) is 1.26. The number of fused-ring (bicyclic) bond motifs is 1. The largest absolute Gasteiger partial charge is 0.493 e. The summed E-state index contributed by atoms with van der Waals surface area (Å²) < 4.78 is 30.4. The first-order valence-electron chi connectivity index (χ1n) is 11.8. The molecule has 0 saturated carbocycles. The van der Waals surface area contributed by atoms with Crippen LogP contribution in [0.3, 0.4) is 0 Å². The van der Waals surface area contributed by atoms with E-state index in [0.717, 1.165) is 3.57 Å². The van der Waals surface area contributed by atoms with Gasteiger partial charge in [0.05, 0.1) is 50.7 Å². The average molecular weight is 650 g/mol. The number of halogens is 1. The Bertz CT molecular complexity index is 1580. The van der Waals surface area contributed by atoms with Gasteiger partial charge in [0.2, 0.25) is 0 Å². The zero-order chi connectivity index (χ0) is 27.4. The average Bonchev–Trinajstić information content (AvgIpc) is 3.23. The number of methoxy groups -OCH3 is 3. The van der Waals surface area contributed by atoms with Gasteiger partial charge < -0.3 is 23.7 Å². The van der Waals surface area contributed by atoms with E-state index in [4.69, 9.17) is 23.7 Å². The number of nitrogens with zero attached hydrogens (tertiary/aromatic N) is 2. The highest BCUT2D eigenvalue weighted by Gasteiger charge is 2.31. The van der Waals surface area contributed by atoms with E-state index in [9.17, 15) is 9.59 Å². The molecule has 2 aromatic carbocycles. The predicted octanol–water partition coefficient (Wildman–Crippen LogP) is 3.44. The number of hydrogen-bond acceptors (Lipinski definition) is 9. The van der Waals surface area contributed by atoms with Gasteiger partial charge in [-0.3, -0.25) is 9.36 Å². The normalized spacial score (nSPS) is 14.7. The van der Waals surface area contributed by atoms with Gasteiger partial charge in [-0.25, -0.2) is 9.79 Å². The van der Waals surface area contributed by atoms with Gasteiger partial charge in [0, 0.05) is 15.3 Å². The molecule has 0 saturated heterocycles. The molecule has 0 aliphatic carbocycles. The first-order chi connectivity index (χ1) is 18.4. The van der Waals surface area contributed by atoms with E-state index in [-0.39, 0.29) is 11.1 Å². The molecule has 1 aromatic heterocycles. The Balaban J connectivity index is 1.94. The summed E-state index contributed by atoms with van der Waals surface area (Å²) in [6.45, 7) is 4.65. The number of aromatic nitrogens is 1. The lowest BCUT2D eigenvalue weighted by Crippen LogP contribution is -2.39. The molecular formula is C27H27IN2O7S. The van der Waals surface area contributed by atoms with Crippen LogP contribution < -0.4 is 33.8 Å². The first kappa shape index (κ1) is 27.7. The van der Waals surface area contributed by atoms with Gasteiger partial charge >= 0.3 is 5.97 Å². The maximum Gasteiger partial charge on any atom is 0.337 e. The summed E-state index contributed by atoms with van der Waals surface area (Å²) in [6.07, 6.45) is 3.20. The molecule has 9 nitrogen and oxygen atoms in total. The zero-order valence-corrected chi connectivity index (χ0v) is 24.5. The lowest BCUT2D eigenvalue weighted by atomic mass is 9.97. The number of ether oxygens (including phenoxy) is 5.